The number of hydrogen-bond acceptors (Lipinski definition) is 6. The first-order valence-corrected chi connectivity index (χ1v) is 8.84. The molecule has 1 heterocycles. The van der Waals surface area contributed by atoms with Gasteiger partial charge >= 0.3 is 0 Å². The third-order valence-electron chi connectivity index (χ3n) is 4.86. The zero-order valence-electron chi connectivity index (χ0n) is 16.0. The Hall–Kier alpha value is -3.29. The van der Waals surface area contributed by atoms with Crippen molar-refractivity contribution in [1.82, 2.24) is 4.90 Å². The minimum absolute atomic E-state index is 0.00226. The zero-order valence-corrected chi connectivity index (χ0v) is 16.0. The number of ether oxygens (including phenoxy) is 3. The normalized spacial score (nSPS) is 15.5. The Morgan fingerprint density at radius 3 is 2.39 bits per heavy atom. The molecule has 8 nitrogen and oxygen atoms in total. The fraction of sp³-hybridized carbons (Fsp3) is 0.350. The highest BCUT2D eigenvalue weighted by Gasteiger charge is 2.31. The molecule has 0 saturated heterocycles. The third kappa shape index (κ3) is 3.85. The molecular formula is C20H22N2O6. The second-order valence-corrected chi connectivity index (χ2v) is 6.45. The molecule has 0 aromatic heterocycles. The lowest BCUT2D eigenvalue weighted by Gasteiger charge is -2.37. The lowest BCUT2D eigenvalue weighted by molar-refractivity contribution is -0.384. The zero-order chi connectivity index (χ0) is 20.3. The van der Waals surface area contributed by atoms with Gasteiger partial charge in [-0.05, 0) is 41.8 Å². The van der Waals surface area contributed by atoms with Crippen LogP contribution in [0.4, 0.5) is 5.69 Å². The van der Waals surface area contributed by atoms with Crippen molar-refractivity contribution in [3.05, 3.63) is 57.6 Å². The van der Waals surface area contributed by atoms with Crippen molar-refractivity contribution in [3.8, 4) is 17.2 Å². The molecule has 2 aromatic carbocycles. The number of nitro benzene ring substituents is 1. The van der Waals surface area contributed by atoms with Gasteiger partial charge in [-0.15, -0.1) is 0 Å². The molecule has 0 N–H and O–H groups in total. The van der Waals surface area contributed by atoms with Crippen molar-refractivity contribution >= 4 is 11.6 Å². The van der Waals surface area contributed by atoms with Crippen LogP contribution in [0.15, 0.2) is 36.4 Å². The van der Waals surface area contributed by atoms with Crippen LogP contribution < -0.4 is 14.2 Å². The van der Waals surface area contributed by atoms with Gasteiger partial charge < -0.3 is 19.1 Å². The van der Waals surface area contributed by atoms with Crippen LogP contribution in [-0.4, -0.2) is 43.1 Å². The smallest absolute Gasteiger partial charge is 0.269 e. The Kier molecular flexibility index (Phi) is 5.67. The molecule has 0 fully saturated rings. The maximum absolute atomic E-state index is 12.2. The molecule has 0 aliphatic carbocycles. The second-order valence-electron chi connectivity index (χ2n) is 6.45. The van der Waals surface area contributed by atoms with Crippen molar-refractivity contribution in [3.63, 3.8) is 0 Å². The van der Waals surface area contributed by atoms with E-state index in [9.17, 15) is 14.9 Å². The van der Waals surface area contributed by atoms with Gasteiger partial charge in [0.2, 0.25) is 5.91 Å². The minimum Gasteiger partial charge on any atom is -0.493 e. The van der Waals surface area contributed by atoms with Gasteiger partial charge in [-0.3, -0.25) is 14.9 Å². The summed E-state index contributed by atoms with van der Waals surface area (Å²) < 4.78 is 16.7. The number of hydrogen-bond donors (Lipinski definition) is 0. The van der Waals surface area contributed by atoms with Crippen LogP contribution in [0.2, 0.25) is 0 Å². The summed E-state index contributed by atoms with van der Waals surface area (Å²) in [6, 6.07) is 9.40. The molecule has 1 aliphatic rings. The van der Waals surface area contributed by atoms with Crippen LogP contribution >= 0.6 is 0 Å². The average molecular weight is 386 g/mol. The summed E-state index contributed by atoms with van der Waals surface area (Å²) in [4.78, 5) is 24.3. The molecule has 2 aromatic rings. The quantitative estimate of drug-likeness (QED) is 0.560. The van der Waals surface area contributed by atoms with E-state index < -0.39 is 4.92 Å². The van der Waals surface area contributed by atoms with E-state index in [2.05, 4.69) is 0 Å². The first-order valence-electron chi connectivity index (χ1n) is 8.84. The Morgan fingerprint density at radius 1 is 1.18 bits per heavy atom. The monoisotopic (exact) mass is 386 g/mol. The minimum atomic E-state index is -0.460. The van der Waals surface area contributed by atoms with E-state index in [-0.39, 0.29) is 24.2 Å². The van der Waals surface area contributed by atoms with Crippen LogP contribution in [-0.2, 0) is 11.2 Å². The lowest BCUT2D eigenvalue weighted by Crippen LogP contribution is -2.41. The van der Waals surface area contributed by atoms with Gasteiger partial charge in [0.15, 0.2) is 11.5 Å². The van der Waals surface area contributed by atoms with Crippen LogP contribution in [0.25, 0.3) is 0 Å². The number of carbonyl (C=O) groups is 1. The largest absolute Gasteiger partial charge is 0.493 e. The van der Waals surface area contributed by atoms with E-state index >= 15 is 0 Å². The first kappa shape index (κ1) is 19.5. The molecule has 1 aliphatic heterocycles. The number of carbonyl (C=O) groups excluding carboxylic acids is 1. The highest BCUT2D eigenvalue weighted by atomic mass is 16.6. The Bertz CT molecular complexity index is 881. The van der Waals surface area contributed by atoms with Crippen molar-refractivity contribution in [2.24, 2.45) is 0 Å². The number of nitro groups is 1. The highest BCUT2D eigenvalue weighted by molar-refractivity contribution is 5.74. The predicted octanol–water partition coefficient (Wildman–Crippen LogP) is 3.14. The Balaban J connectivity index is 1.88. The third-order valence-corrected chi connectivity index (χ3v) is 4.86. The average Bonchev–Trinajstić information content (AvgIpc) is 2.70. The Morgan fingerprint density at radius 2 is 1.82 bits per heavy atom. The number of methoxy groups -OCH3 is 2. The molecule has 0 saturated carbocycles. The van der Waals surface area contributed by atoms with Crippen LogP contribution in [0.1, 0.15) is 24.1 Å². The molecule has 0 bridgehead atoms. The number of fused-ring (bicyclic) bond motifs is 1. The molecule has 3 rings (SSSR count). The molecule has 0 radical (unpaired) electrons. The van der Waals surface area contributed by atoms with Crippen molar-refractivity contribution in [1.29, 1.82) is 0 Å². The van der Waals surface area contributed by atoms with E-state index in [1.54, 1.807) is 31.3 Å². The summed E-state index contributed by atoms with van der Waals surface area (Å²) in [6.07, 6.45) is 0.712. The van der Waals surface area contributed by atoms with Gasteiger partial charge in [0.1, 0.15) is 12.4 Å². The predicted molar refractivity (Wildman–Crippen MR) is 102 cm³/mol. The maximum atomic E-state index is 12.2. The van der Waals surface area contributed by atoms with E-state index in [0.29, 0.717) is 30.2 Å². The van der Waals surface area contributed by atoms with Crippen molar-refractivity contribution in [2.75, 3.05) is 27.4 Å². The summed E-state index contributed by atoms with van der Waals surface area (Å²) >= 11 is 0. The second kappa shape index (κ2) is 8.16. The summed E-state index contributed by atoms with van der Waals surface area (Å²) in [5.41, 5.74) is 2.02. The molecule has 28 heavy (non-hydrogen) atoms. The van der Waals surface area contributed by atoms with Gasteiger partial charge in [-0.2, -0.15) is 0 Å². The van der Waals surface area contributed by atoms with Gasteiger partial charge in [0.05, 0.1) is 25.2 Å². The summed E-state index contributed by atoms with van der Waals surface area (Å²) in [5.74, 6) is 1.69. The summed E-state index contributed by atoms with van der Waals surface area (Å²) in [7, 11) is 3.16. The highest BCUT2D eigenvalue weighted by Crippen LogP contribution is 2.38. The number of nitrogens with zero attached hydrogens (tertiary/aromatic N) is 2. The molecule has 0 unspecified atom stereocenters. The Labute approximate surface area is 162 Å². The van der Waals surface area contributed by atoms with Crippen molar-refractivity contribution in [2.45, 2.75) is 19.4 Å². The van der Waals surface area contributed by atoms with E-state index in [0.717, 1.165) is 11.1 Å². The van der Waals surface area contributed by atoms with Gasteiger partial charge in [0, 0.05) is 25.6 Å². The molecule has 8 heteroatoms. The van der Waals surface area contributed by atoms with Crippen LogP contribution in [0, 0.1) is 10.1 Å². The van der Waals surface area contributed by atoms with Gasteiger partial charge in [-0.1, -0.05) is 0 Å². The van der Waals surface area contributed by atoms with Gasteiger partial charge in [0.25, 0.3) is 5.69 Å². The van der Waals surface area contributed by atoms with Gasteiger partial charge in [-0.25, -0.2) is 0 Å². The first-order chi connectivity index (χ1) is 13.4. The van der Waals surface area contributed by atoms with E-state index in [1.807, 2.05) is 12.1 Å². The molecule has 0 spiro atoms. The SMILES string of the molecule is COc1cc2c(cc1OC)[C@@H](COc1ccc([N+](=O)[O-])cc1)N(C(C)=O)CC2. The van der Waals surface area contributed by atoms with E-state index in [1.165, 1.54) is 19.1 Å². The number of benzene rings is 2. The lowest BCUT2D eigenvalue weighted by atomic mass is 9.92. The standard InChI is InChI=1S/C20H22N2O6/c1-13(23)21-9-8-14-10-19(26-2)20(27-3)11-17(14)18(21)12-28-16-6-4-15(5-7-16)22(24)25/h4-7,10-11,18H,8-9,12H2,1-3H3/t18-/m1/s1. The molecule has 148 valence electrons. The van der Waals surface area contributed by atoms with Crippen molar-refractivity contribution < 1.29 is 23.9 Å². The fourth-order valence-corrected chi connectivity index (χ4v) is 3.42. The molecule has 1 amide bonds. The summed E-state index contributed by atoms with van der Waals surface area (Å²) in [6.45, 7) is 2.33. The topological polar surface area (TPSA) is 91.1 Å². The number of rotatable bonds is 6. The fourth-order valence-electron chi connectivity index (χ4n) is 3.42. The number of amides is 1. The maximum Gasteiger partial charge on any atom is 0.269 e. The van der Waals surface area contributed by atoms with Crippen LogP contribution in [0.3, 0.4) is 0 Å². The van der Waals surface area contributed by atoms with E-state index in [4.69, 9.17) is 14.2 Å². The van der Waals surface area contributed by atoms with Crippen LogP contribution in [0.5, 0.6) is 17.2 Å². The summed E-state index contributed by atoms with van der Waals surface area (Å²) in [5, 5.41) is 10.8. The number of non-ortho nitro benzene ring substituents is 1. The molecular weight excluding hydrogens is 364 g/mol. The molecule has 1 atom stereocenters.